The summed E-state index contributed by atoms with van der Waals surface area (Å²) in [6, 6.07) is 46.9. The molecule has 0 amide bonds. The van der Waals surface area contributed by atoms with Gasteiger partial charge < -0.3 is 4.42 Å². The predicted molar refractivity (Wildman–Crippen MR) is 182 cm³/mol. The number of aryl methyl sites for hydroxylation is 1. The molecule has 0 N–H and O–H groups in total. The normalized spacial score (nSPS) is 13.7. The number of para-hydroxylation sites is 1. The summed E-state index contributed by atoms with van der Waals surface area (Å²) >= 11 is 0. The molecule has 1 aliphatic rings. The zero-order chi connectivity index (χ0) is 28.9. The molecule has 0 aliphatic heterocycles. The minimum atomic E-state index is -0.0488. The number of rotatable bonds is 2. The maximum absolute atomic E-state index is 6.19. The highest BCUT2D eigenvalue weighted by molar-refractivity contribution is 6.22. The lowest BCUT2D eigenvalue weighted by Gasteiger charge is -2.23. The minimum absolute atomic E-state index is 0.0488. The van der Waals surface area contributed by atoms with Crippen molar-refractivity contribution in [3.63, 3.8) is 0 Å². The Morgan fingerprint density at radius 2 is 1.05 bits per heavy atom. The Labute approximate surface area is 251 Å². The molecule has 9 rings (SSSR count). The maximum atomic E-state index is 6.19. The summed E-state index contributed by atoms with van der Waals surface area (Å²) in [7, 11) is 0. The fourth-order valence-electron chi connectivity index (χ4n) is 7.66. The van der Waals surface area contributed by atoms with Crippen molar-refractivity contribution in [3.05, 3.63) is 144 Å². The molecule has 1 aliphatic carbocycles. The second kappa shape index (κ2) is 8.69. The zero-order valence-corrected chi connectivity index (χ0v) is 24.5. The molecule has 0 atom stereocenters. The molecule has 1 heterocycles. The van der Waals surface area contributed by atoms with Gasteiger partial charge in [-0.05, 0) is 97.2 Å². The van der Waals surface area contributed by atoms with E-state index in [-0.39, 0.29) is 5.41 Å². The Morgan fingerprint density at radius 1 is 0.442 bits per heavy atom. The number of furan rings is 1. The van der Waals surface area contributed by atoms with Gasteiger partial charge in [-0.25, -0.2) is 0 Å². The molecule has 7 aromatic carbocycles. The lowest BCUT2D eigenvalue weighted by atomic mass is 9.80. The second-order valence-corrected chi connectivity index (χ2v) is 12.6. The molecular formula is C42H30O. The van der Waals surface area contributed by atoms with Gasteiger partial charge in [-0.1, -0.05) is 123 Å². The minimum Gasteiger partial charge on any atom is -0.456 e. The van der Waals surface area contributed by atoms with Crippen LogP contribution in [0.4, 0.5) is 0 Å². The molecule has 0 unspecified atom stereocenters. The third-order valence-corrected chi connectivity index (χ3v) is 9.72. The second-order valence-electron chi connectivity index (χ2n) is 12.6. The van der Waals surface area contributed by atoms with E-state index < -0.39 is 0 Å². The first kappa shape index (κ1) is 24.5. The average molecular weight is 551 g/mol. The van der Waals surface area contributed by atoms with E-state index in [0.717, 1.165) is 21.9 Å². The van der Waals surface area contributed by atoms with Gasteiger partial charge in [0, 0.05) is 16.2 Å². The molecule has 204 valence electrons. The predicted octanol–water partition coefficient (Wildman–Crippen LogP) is 11.8. The van der Waals surface area contributed by atoms with Gasteiger partial charge in [-0.2, -0.15) is 0 Å². The number of benzene rings is 7. The topological polar surface area (TPSA) is 13.1 Å². The summed E-state index contributed by atoms with van der Waals surface area (Å²) in [6.45, 7) is 6.92. The molecule has 1 nitrogen and oxygen atoms in total. The molecular weight excluding hydrogens is 520 g/mol. The van der Waals surface area contributed by atoms with E-state index in [1.165, 1.54) is 71.6 Å². The smallest absolute Gasteiger partial charge is 0.135 e. The van der Waals surface area contributed by atoms with Gasteiger partial charge in [0.2, 0.25) is 0 Å². The van der Waals surface area contributed by atoms with Crippen molar-refractivity contribution in [2.45, 2.75) is 26.2 Å². The molecule has 0 bridgehead atoms. The van der Waals surface area contributed by atoms with E-state index >= 15 is 0 Å². The van der Waals surface area contributed by atoms with Gasteiger partial charge >= 0.3 is 0 Å². The van der Waals surface area contributed by atoms with Crippen LogP contribution in [-0.2, 0) is 5.41 Å². The number of hydrogen-bond donors (Lipinski definition) is 0. The van der Waals surface area contributed by atoms with Crippen LogP contribution >= 0.6 is 0 Å². The van der Waals surface area contributed by atoms with Gasteiger partial charge in [0.15, 0.2) is 0 Å². The molecule has 0 spiro atoms. The zero-order valence-electron chi connectivity index (χ0n) is 24.5. The Morgan fingerprint density at radius 3 is 1.88 bits per heavy atom. The molecule has 0 saturated carbocycles. The molecule has 1 heteroatoms. The standard InChI is InChI=1S/C42H30O/c1-25-16-19-33-35(22-25)41(26-18-21-39-34(23-26)30-11-7-9-15-38(30)43-39)32-13-5-4-12-31(32)40(33)27-17-20-29-28-10-6-8-14-36(28)42(2,3)37(29)24-27/h4-24H,1-3H3. The van der Waals surface area contributed by atoms with E-state index in [0.29, 0.717) is 0 Å². The fraction of sp³-hybridized carbons (Fsp3) is 0.0952. The van der Waals surface area contributed by atoms with Crippen molar-refractivity contribution < 1.29 is 4.42 Å². The Balaban J connectivity index is 1.36. The van der Waals surface area contributed by atoms with E-state index in [1.54, 1.807) is 0 Å². The van der Waals surface area contributed by atoms with Crippen LogP contribution < -0.4 is 0 Å². The van der Waals surface area contributed by atoms with E-state index in [2.05, 4.69) is 136 Å². The number of hydrogen-bond acceptors (Lipinski definition) is 1. The monoisotopic (exact) mass is 550 g/mol. The lowest BCUT2D eigenvalue weighted by Crippen LogP contribution is -2.14. The fourth-order valence-corrected chi connectivity index (χ4v) is 7.66. The Bertz CT molecular complexity index is 2440. The van der Waals surface area contributed by atoms with Crippen LogP contribution in [0.2, 0.25) is 0 Å². The third kappa shape index (κ3) is 3.40. The van der Waals surface area contributed by atoms with Crippen molar-refractivity contribution >= 4 is 43.5 Å². The van der Waals surface area contributed by atoms with E-state index in [4.69, 9.17) is 4.42 Å². The Hall–Kier alpha value is -5.14. The van der Waals surface area contributed by atoms with Gasteiger partial charge in [0.1, 0.15) is 11.2 Å². The van der Waals surface area contributed by atoms with Gasteiger partial charge in [0.25, 0.3) is 0 Å². The van der Waals surface area contributed by atoms with Crippen LogP contribution in [0.25, 0.3) is 76.9 Å². The van der Waals surface area contributed by atoms with Crippen LogP contribution in [0, 0.1) is 6.92 Å². The summed E-state index contributed by atoms with van der Waals surface area (Å²) in [5.41, 5.74) is 13.6. The first-order valence-electron chi connectivity index (χ1n) is 15.1. The first-order chi connectivity index (χ1) is 21.0. The van der Waals surface area contributed by atoms with Crippen molar-refractivity contribution in [1.82, 2.24) is 0 Å². The summed E-state index contributed by atoms with van der Waals surface area (Å²) in [4.78, 5) is 0. The molecule has 8 aromatic rings. The van der Waals surface area contributed by atoms with Crippen molar-refractivity contribution in [3.8, 4) is 33.4 Å². The van der Waals surface area contributed by atoms with Crippen molar-refractivity contribution in [2.75, 3.05) is 0 Å². The van der Waals surface area contributed by atoms with Crippen LogP contribution in [0.15, 0.2) is 132 Å². The highest BCUT2D eigenvalue weighted by Gasteiger charge is 2.35. The van der Waals surface area contributed by atoms with Crippen molar-refractivity contribution in [1.29, 1.82) is 0 Å². The Kier molecular flexibility index (Phi) is 4.94. The van der Waals surface area contributed by atoms with Gasteiger partial charge in [0.05, 0.1) is 0 Å². The average Bonchev–Trinajstić information content (AvgIpc) is 3.51. The van der Waals surface area contributed by atoms with E-state index in [1.807, 2.05) is 12.1 Å². The highest BCUT2D eigenvalue weighted by Crippen LogP contribution is 2.51. The molecule has 0 radical (unpaired) electrons. The lowest BCUT2D eigenvalue weighted by molar-refractivity contribution is 0.660. The molecule has 0 fully saturated rings. The summed E-state index contributed by atoms with van der Waals surface area (Å²) < 4.78 is 6.19. The van der Waals surface area contributed by atoms with Crippen LogP contribution in [0.1, 0.15) is 30.5 Å². The highest BCUT2D eigenvalue weighted by atomic mass is 16.3. The van der Waals surface area contributed by atoms with Crippen LogP contribution in [0.3, 0.4) is 0 Å². The summed E-state index contributed by atoms with van der Waals surface area (Å²) in [5, 5.41) is 7.42. The molecule has 0 saturated heterocycles. The molecule has 1 aromatic heterocycles. The van der Waals surface area contributed by atoms with Crippen LogP contribution in [-0.4, -0.2) is 0 Å². The summed E-state index contributed by atoms with van der Waals surface area (Å²) in [5.74, 6) is 0. The first-order valence-corrected chi connectivity index (χ1v) is 15.1. The number of fused-ring (bicyclic) bond motifs is 8. The quantitative estimate of drug-likeness (QED) is 0.195. The SMILES string of the molecule is Cc1ccc2c(-c3ccc4c(c3)C(C)(C)c3ccccc3-4)c3ccccc3c(-c3ccc4oc5ccccc5c4c3)c2c1. The van der Waals surface area contributed by atoms with E-state index in [9.17, 15) is 0 Å². The summed E-state index contributed by atoms with van der Waals surface area (Å²) in [6.07, 6.45) is 0. The van der Waals surface area contributed by atoms with Crippen molar-refractivity contribution in [2.24, 2.45) is 0 Å². The largest absolute Gasteiger partial charge is 0.456 e. The van der Waals surface area contributed by atoms with Gasteiger partial charge in [-0.15, -0.1) is 0 Å². The molecule has 43 heavy (non-hydrogen) atoms. The van der Waals surface area contributed by atoms with Crippen LogP contribution in [0.5, 0.6) is 0 Å². The van der Waals surface area contributed by atoms with Gasteiger partial charge in [-0.3, -0.25) is 0 Å². The maximum Gasteiger partial charge on any atom is 0.135 e. The third-order valence-electron chi connectivity index (χ3n) is 9.72.